The highest BCUT2D eigenvalue weighted by molar-refractivity contribution is 5.82. The lowest BCUT2D eigenvalue weighted by molar-refractivity contribution is -0.135. The Balaban J connectivity index is 1.35. The molecule has 0 aromatic heterocycles. The molecule has 0 spiro atoms. The van der Waals surface area contributed by atoms with Gasteiger partial charge in [0.1, 0.15) is 24.5 Å². The zero-order chi connectivity index (χ0) is 23.7. The van der Waals surface area contributed by atoms with Gasteiger partial charge in [-0.3, -0.25) is 4.79 Å². The number of hydrogen-bond donors (Lipinski definition) is 2. The van der Waals surface area contributed by atoms with E-state index in [0.717, 1.165) is 40.8 Å². The molecule has 0 bridgehead atoms. The first kappa shape index (κ1) is 22.8. The van der Waals surface area contributed by atoms with E-state index in [-0.39, 0.29) is 19.1 Å². The van der Waals surface area contributed by atoms with E-state index < -0.39 is 17.8 Å². The summed E-state index contributed by atoms with van der Waals surface area (Å²) in [7, 11) is 0. The number of nitriles is 1. The zero-order valence-electron chi connectivity index (χ0n) is 19.2. The number of carbonyl (C=O) groups is 1. The number of hydrogen-bond acceptors (Lipinski definition) is 6. The molecule has 178 valence electrons. The number of alkyl halides is 1. The molecule has 5 rings (SSSR count). The van der Waals surface area contributed by atoms with Crippen molar-refractivity contribution >= 4 is 5.91 Å². The molecule has 2 aromatic carbocycles. The summed E-state index contributed by atoms with van der Waals surface area (Å²) < 4.78 is 31.6. The van der Waals surface area contributed by atoms with Crippen molar-refractivity contribution in [1.29, 1.82) is 5.26 Å². The molecule has 2 atom stereocenters. The van der Waals surface area contributed by atoms with E-state index in [1.165, 1.54) is 0 Å². The van der Waals surface area contributed by atoms with Crippen LogP contribution in [0.25, 0.3) is 11.1 Å². The second kappa shape index (κ2) is 9.34. The molecule has 2 aromatic rings. The maximum Gasteiger partial charge on any atom is 0.251 e. The maximum absolute atomic E-state index is 14.9. The lowest BCUT2D eigenvalue weighted by atomic mass is 9.86. The molecule has 3 aliphatic heterocycles. The van der Waals surface area contributed by atoms with Crippen LogP contribution in [-0.4, -0.2) is 51.0 Å². The van der Waals surface area contributed by atoms with Gasteiger partial charge in [-0.15, -0.1) is 0 Å². The Labute approximate surface area is 198 Å². The van der Waals surface area contributed by atoms with Gasteiger partial charge in [0, 0.05) is 25.1 Å². The van der Waals surface area contributed by atoms with Gasteiger partial charge >= 0.3 is 0 Å². The van der Waals surface area contributed by atoms with Crippen LogP contribution in [0.4, 0.5) is 4.39 Å². The van der Waals surface area contributed by atoms with Crippen LogP contribution in [0, 0.1) is 18.3 Å². The first-order valence-corrected chi connectivity index (χ1v) is 11.7. The van der Waals surface area contributed by atoms with Crippen molar-refractivity contribution in [3.8, 4) is 22.9 Å². The second-order valence-corrected chi connectivity index (χ2v) is 9.21. The molecule has 0 aliphatic carbocycles. The summed E-state index contributed by atoms with van der Waals surface area (Å²) in [5.74, 6) is 0.414. The summed E-state index contributed by atoms with van der Waals surface area (Å²) in [6.07, 6.45) is 0.601. The molecular weight excluding hydrogens is 437 g/mol. The molecule has 3 aliphatic rings. The predicted molar refractivity (Wildman–Crippen MR) is 123 cm³/mol. The Kier molecular flexibility index (Phi) is 6.26. The van der Waals surface area contributed by atoms with Crippen LogP contribution in [-0.2, 0) is 33.0 Å². The van der Waals surface area contributed by atoms with E-state index in [1.807, 2.05) is 37.3 Å². The van der Waals surface area contributed by atoms with Crippen LogP contribution >= 0.6 is 0 Å². The van der Waals surface area contributed by atoms with Gasteiger partial charge in [0.25, 0.3) is 5.91 Å². The molecule has 8 heteroatoms. The molecule has 7 nitrogen and oxygen atoms in total. The summed E-state index contributed by atoms with van der Waals surface area (Å²) in [5, 5.41) is 15.7. The zero-order valence-corrected chi connectivity index (χ0v) is 19.2. The highest BCUT2D eigenvalue weighted by Crippen LogP contribution is 2.43. The van der Waals surface area contributed by atoms with Crippen molar-refractivity contribution in [2.45, 2.75) is 44.2 Å². The van der Waals surface area contributed by atoms with E-state index in [1.54, 1.807) is 0 Å². The van der Waals surface area contributed by atoms with Crippen LogP contribution in [0.1, 0.15) is 28.7 Å². The molecule has 34 heavy (non-hydrogen) atoms. The summed E-state index contributed by atoms with van der Waals surface area (Å²) in [6, 6.07) is 11.1. The number of fused-ring (bicyclic) bond motifs is 3. The Morgan fingerprint density at radius 2 is 2.18 bits per heavy atom. The second-order valence-electron chi connectivity index (χ2n) is 9.21. The molecule has 1 amide bonds. The minimum Gasteiger partial charge on any atom is -0.488 e. The van der Waals surface area contributed by atoms with Gasteiger partial charge in [0.2, 0.25) is 0 Å². The standard InChI is InChI=1S/C26H28FN3O4/c1-16-7-22-21-10-19(26(27)14-32-15-26)4-3-17(21)13-34-23(22)9-18(16)8-20(11-28)30-25(31)24-12-29-5-2-6-33-24/h3-4,7,9-10,20,24,29H,2,5-6,8,12-15H2,1H3,(H,30,31)/t20?,24-/m0/s1. The topological polar surface area (TPSA) is 92.6 Å². The largest absolute Gasteiger partial charge is 0.488 e. The SMILES string of the molecule is Cc1cc2c(cc1CC(C#N)NC(=O)[C@@H]1CNCCCO1)OCc1ccc(C3(F)COC3)cc1-2. The van der Waals surface area contributed by atoms with E-state index in [2.05, 4.69) is 16.7 Å². The normalized spacial score (nSPS) is 21.5. The number of aryl methyl sites for hydroxylation is 1. The number of ether oxygens (including phenoxy) is 3. The fourth-order valence-electron chi connectivity index (χ4n) is 4.61. The number of carbonyl (C=O) groups excluding carboxylic acids is 1. The fourth-order valence-corrected chi connectivity index (χ4v) is 4.61. The fraction of sp³-hybridized carbons (Fsp3) is 0.462. The molecule has 1 unspecified atom stereocenters. The Bertz CT molecular complexity index is 1130. The molecule has 2 saturated heterocycles. The van der Waals surface area contributed by atoms with Gasteiger partial charge < -0.3 is 24.8 Å². The van der Waals surface area contributed by atoms with E-state index in [9.17, 15) is 14.4 Å². The van der Waals surface area contributed by atoms with Gasteiger partial charge in [0.05, 0.1) is 19.3 Å². The monoisotopic (exact) mass is 465 g/mol. The molecule has 0 saturated carbocycles. The lowest BCUT2D eigenvalue weighted by Crippen LogP contribution is -2.46. The average molecular weight is 466 g/mol. The van der Waals surface area contributed by atoms with Crippen molar-refractivity contribution in [2.75, 3.05) is 32.9 Å². The summed E-state index contributed by atoms with van der Waals surface area (Å²) in [6.45, 7) is 4.29. The maximum atomic E-state index is 14.9. The Morgan fingerprint density at radius 1 is 1.32 bits per heavy atom. The van der Waals surface area contributed by atoms with Crippen molar-refractivity contribution < 1.29 is 23.4 Å². The molecule has 0 radical (unpaired) electrons. The number of amides is 1. The van der Waals surface area contributed by atoms with Gasteiger partial charge in [-0.05, 0) is 65.9 Å². The predicted octanol–water partition coefficient (Wildman–Crippen LogP) is 2.68. The minimum absolute atomic E-state index is 0.0797. The van der Waals surface area contributed by atoms with Gasteiger partial charge in [-0.2, -0.15) is 5.26 Å². The van der Waals surface area contributed by atoms with Crippen molar-refractivity contribution in [1.82, 2.24) is 10.6 Å². The van der Waals surface area contributed by atoms with E-state index in [4.69, 9.17) is 14.2 Å². The van der Waals surface area contributed by atoms with Crippen molar-refractivity contribution in [3.05, 3.63) is 52.6 Å². The van der Waals surface area contributed by atoms with Gasteiger partial charge in [0.15, 0.2) is 5.67 Å². The summed E-state index contributed by atoms with van der Waals surface area (Å²) in [4.78, 5) is 12.6. The third-order valence-electron chi connectivity index (χ3n) is 6.74. The van der Waals surface area contributed by atoms with Crippen LogP contribution in [0.5, 0.6) is 5.75 Å². The molecular formula is C26H28FN3O4. The van der Waals surface area contributed by atoms with Crippen LogP contribution in [0.2, 0.25) is 0 Å². The van der Waals surface area contributed by atoms with Crippen LogP contribution in [0.3, 0.4) is 0 Å². The number of benzene rings is 2. The van der Waals surface area contributed by atoms with Gasteiger partial charge in [-0.25, -0.2) is 4.39 Å². The smallest absolute Gasteiger partial charge is 0.251 e. The quantitative estimate of drug-likeness (QED) is 0.706. The summed E-state index contributed by atoms with van der Waals surface area (Å²) in [5.41, 5.74) is 3.95. The number of rotatable bonds is 5. The third kappa shape index (κ3) is 4.39. The molecule has 2 fully saturated rings. The van der Waals surface area contributed by atoms with E-state index >= 15 is 0 Å². The third-order valence-corrected chi connectivity index (χ3v) is 6.74. The number of nitrogens with one attached hydrogen (secondary N) is 2. The van der Waals surface area contributed by atoms with Crippen LogP contribution < -0.4 is 15.4 Å². The summed E-state index contributed by atoms with van der Waals surface area (Å²) >= 11 is 0. The lowest BCUT2D eigenvalue weighted by Gasteiger charge is -2.35. The number of nitrogens with zero attached hydrogens (tertiary/aromatic N) is 1. The Morgan fingerprint density at radius 3 is 2.94 bits per heavy atom. The average Bonchev–Trinajstić information content (AvgIpc) is 3.12. The van der Waals surface area contributed by atoms with Crippen LogP contribution in [0.15, 0.2) is 30.3 Å². The highest BCUT2D eigenvalue weighted by Gasteiger charge is 2.41. The first-order valence-electron chi connectivity index (χ1n) is 11.7. The first-order chi connectivity index (χ1) is 16.5. The Hall–Kier alpha value is -2.99. The van der Waals surface area contributed by atoms with Gasteiger partial charge in [-0.1, -0.05) is 12.1 Å². The molecule has 2 N–H and O–H groups in total. The van der Waals surface area contributed by atoms with Crippen molar-refractivity contribution in [3.63, 3.8) is 0 Å². The molecule has 3 heterocycles. The minimum atomic E-state index is -1.43. The van der Waals surface area contributed by atoms with Crippen molar-refractivity contribution in [2.24, 2.45) is 0 Å². The number of halogens is 1. The van der Waals surface area contributed by atoms with E-state index in [0.29, 0.717) is 37.5 Å². The highest BCUT2D eigenvalue weighted by atomic mass is 19.1.